The maximum Gasteiger partial charge on any atom is 0.123 e. The maximum absolute atomic E-state index is 13.2. The van der Waals surface area contributed by atoms with Gasteiger partial charge in [0.1, 0.15) is 5.82 Å². The molecule has 0 aliphatic carbocycles. The number of piperazine rings is 1. The number of aromatic nitrogens is 2. The molecular formula is C25H30FN5. The summed E-state index contributed by atoms with van der Waals surface area (Å²) >= 11 is 0. The average molecular weight is 420 g/mol. The van der Waals surface area contributed by atoms with Crippen LogP contribution in [0.4, 0.5) is 10.1 Å². The zero-order chi connectivity index (χ0) is 21.0. The van der Waals surface area contributed by atoms with Crippen LogP contribution in [0.1, 0.15) is 18.5 Å². The lowest BCUT2D eigenvalue weighted by Crippen LogP contribution is -2.55. The van der Waals surface area contributed by atoms with Crippen LogP contribution in [0.25, 0.3) is 5.69 Å². The van der Waals surface area contributed by atoms with Crippen LogP contribution in [0.5, 0.6) is 0 Å². The molecule has 0 bridgehead atoms. The minimum Gasteiger partial charge on any atom is -0.369 e. The van der Waals surface area contributed by atoms with Gasteiger partial charge in [-0.15, -0.1) is 0 Å². The third-order valence-corrected chi connectivity index (χ3v) is 6.65. The van der Waals surface area contributed by atoms with E-state index in [0.717, 1.165) is 57.2 Å². The molecule has 0 radical (unpaired) electrons. The highest BCUT2D eigenvalue weighted by molar-refractivity contribution is 5.46. The number of halogens is 1. The van der Waals surface area contributed by atoms with E-state index in [1.54, 1.807) is 12.1 Å². The lowest BCUT2D eigenvalue weighted by atomic mass is 10.0. The predicted octanol–water partition coefficient (Wildman–Crippen LogP) is 3.80. The fourth-order valence-corrected chi connectivity index (χ4v) is 4.99. The van der Waals surface area contributed by atoms with Gasteiger partial charge in [0, 0.05) is 69.1 Å². The highest BCUT2D eigenvalue weighted by Crippen LogP contribution is 2.23. The van der Waals surface area contributed by atoms with Gasteiger partial charge in [-0.3, -0.25) is 14.8 Å². The molecule has 5 nitrogen and oxygen atoms in total. The van der Waals surface area contributed by atoms with Crippen molar-refractivity contribution in [3.05, 3.63) is 78.6 Å². The van der Waals surface area contributed by atoms with E-state index in [1.165, 1.54) is 18.5 Å². The standard InChI is InChI=1S/C25H30FN5/c26-21-7-9-22(10-8-21)29-14-16-30(17-15-29)24-5-2-12-28(19-24)20-25-6-3-13-31(25)23-4-1-11-27-18-23/h1,3-4,6-11,13,18,24H,2,5,12,14-17,19-20H2. The maximum atomic E-state index is 13.2. The van der Waals surface area contributed by atoms with Gasteiger partial charge >= 0.3 is 0 Å². The molecule has 0 saturated carbocycles. The Morgan fingerprint density at radius 3 is 2.52 bits per heavy atom. The summed E-state index contributed by atoms with van der Waals surface area (Å²) in [6, 6.07) is 16.0. The minimum atomic E-state index is -0.167. The number of likely N-dealkylation sites (tertiary alicyclic amines) is 1. The van der Waals surface area contributed by atoms with E-state index < -0.39 is 0 Å². The first kappa shape index (κ1) is 20.2. The summed E-state index contributed by atoms with van der Waals surface area (Å²) in [5, 5.41) is 0. The summed E-state index contributed by atoms with van der Waals surface area (Å²) < 4.78 is 15.5. The van der Waals surface area contributed by atoms with Crippen molar-refractivity contribution < 1.29 is 4.39 Å². The zero-order valence-electron chi connectivity index (χ0n) is 17.9. The average Bonchev–Trinajstić information content (AvgIpc) is 3.29. The Morgan fingerprint density at radius 2 is 1.74 bits per heavy atom. The molecule has 0 amide bonds. The Hall–Kier alpha value is -2.70. The molecule has 4 heterocycles. The molecule has 1 atom stereocenters. The fraction of sp³-hybridized carbons (Fsp3) is 0.400. The molecule has 162 valence electrons. The zero-order valence-corrected chi connectivity index (χ0v) is 17.9. The summed E-state index contributed by atoms with van der Waals surface area (Å²) in [6.07, 6.45) is 8.39. The Kier molecular flexibility index (Phi) is 6.00. The second kappa shape index (κ2) is 9.20. The molecule has 6 heteroatoms. The third kappa shape index (κ3) is 4.65. The van der Waals surface area contributed by atoms with Gasteiger partial charge in [0.15, 0.2) is 0 Å². The smallest absolute Gasteiger partial charge is 0.123 e. The van der Waals surface area contributed by atoms with Crippen molar-refractivity contribution in [2.75, 3.05) is 44.2 Å². The van der Waals surface area contributed by atoms with Crippen LogP contribution in [-0.4, -0.2) is 64.7 Å². The summed E-state index contributed by atoms with van der Waals surface area (Å²) in [5.41, 5.74) is 3.56. The van der Waals surface area contributed by atoms with Gasteiger partial charge in [0.05, 0.1) is 11.9 Å². The number of anilines is 1. The van der Waals surface area contributed by atoms with Gasteiger partial charge in [0.2, 0.25) is 0 Å². The van der Waals surface area contributed by atoms with Gasteiger partial charge in [-0.25, -0.2) is 4.39 Å². The predicted molar refractivity (Wildman–Crippen MR) is 122 cm³/mol. The van der Waals surface area contributed by atoms with Gasteiger partial charge in [-0.2, -0.15) is 0 Å². The lowest BCUT2D eigenvalue weighted by Gasteiger charge is -2.44. The number of rotatable bonds is 5. The molecule has 1 aromatic carbocycles. The Balaban J connectivity index is 1.18. The SMILES string of the molecule is Fc1ccc(N2CCN(C3CCCN(Cc4cccn4-c4cccnc4)C3)CC2)cc1. The molecule has 0 spiro atoms. The molecule has 2 fully saturated rings. The molecule has 3 aromatic rings. The number of nitrogens with zero attached hydrogens (tertiary/aromatic N) is 5. The minimum absolute atomic E-state index is 0.167. The van der Waals surface area contributed by atoms with Gasteiger partial charge in [0.25, 0.3) is 0 Å². The van der Waals surface area contributed by atoms with Crippen molar-refractivity contribution in [1.29, 1.82) is 0 Å². The van der Waals surface area contributed by atoms with E-state index >= 15 is 0 Å². The lowest BCUT2D eigenvalue weighted by molar-refractivity contribution is 0.0878. The van der Waals surface area contributed by atoms with Crippen LogP contribution < -0.4 is 4.90 Å². The topological polar surface area (TPSA) is 27.5 Å². The first-order valence-corrected chi connectivity index (χ1v) is 11.3. The van der Waals surface area contributed by atoms with Crippen LogP contribution in [0.2, 0.25) is 0 Å². The van der Waals surface area contributed by atoms with Crippen molar-refractivity contribution in [3.63, 3.8) is 0 Å². The summed E-state index contributed by atoms with van der Waals surface area (Å²) in [6.45, 7) is 7.40. The molecule has 1 unspecified atom stereocenters. The Labute approximate surface area is 183 Å². The molecule has 0 N–H and O–H groups in total. The quantitative estimate of drug-likeness (QED) is 0.629. The van der Waals surface area contributed by atoms with Crippen LogP contribution >= 0.6 is 0 Å². The number of hydrogen-bond donors (Lipinski definition) is 0. The van der Waals surface area contributed by atoms with E-state index in [4.69, 9.17) is 0 Å². The van der Waals surface area contributed by atoms with Gasteiger partial charge < -0.3 is 9.47 Å². The molecule has 5 rings (SSSR count). The van der Waals surface area contributed by atoms with E-state index in [2.05, 4.69) is 48.6 Å². The molecule has 2 aliphatic rings. The second-order valence-corrected chi connectivity index (χ2v) is 8.61. The van der Waals surface area contributed by atoms with Crippen LogP contribution in [0.3, 0.4) is 0 Å². The van der Waals surface area contributed by atoms with Crippen molar-refractivity contribution in [2.24, 2.45) is 0 Å². The number of benzene rings is 1. The highest BCUT2D eigenvalue weighted by atomic mass is 19.1. The fourth-order valence-electron chi connectivity index (χ4n) is 4.99. The van der Waals surface area contributed by atoms with Crippen molar-refractivity contribution in [2.45, 2.75) is 25.4 Å². The summed E-state index contributed by atoms with van der Waals surface area (Å²) in [4.78, 5) is 11.9. The van der Waals surface area contributed by atoms with Crippen molar-refractivity contribution >= 4 is 5.69 Å². The molecule has 2 aliphatic heterocycles. The molecule has 2 saturated heterocycles. The molecule has 2 aromatic heterocycles. The summed E-state index contributed by atoms with van der Waals surface area (Å²) in [7, 11) is 0. The first-order chi connectivity index (χ1) is 15.3. The largest absolute Gasteiger partial charge is 0.369 e. The van der Waals surface area contributed by atoms with E-state index in [9.17, 15) is 4.39 Å². The van der Waals surface area contributed by atoms with Crippen molar-refractivity contribution in [1.82, 2.24) is 19.4 Å². The van der Waals surface area contributed by atoms with Crippen LogP contribution in [-0.2, 0) is 6.54 Å². The van der Waals surface area contributed by atoms with Gasteiger partial charge in [-0.05, 0) is 67.9 Å². The van der Waals surface area contributed by atoms with Gasteiger partial charge in [-0.1, -0.05) is 0 Å². The van der Waals surface area contributed by atoms with Crippen LogP contribution in [0.15, 0.2) is 67.1 Å². The molecule has 31 heavy (non-hydrogen) atoms. The normalized spacial score (nSPS) is 20.8. The highest BCUT2D eigenvalue weighted by Gasteiger charge is 2.28. The number of pyridine rings is 1. The third-order valence-electron chi connectivity index (χ3n) is 6.65. The van der Waals surface area contributed by atoms with E-state index in [0.29, 0.717) is 6.04 Å². The van der Waals surface area contributed by atoms with Crippen molar-refractivity contribution in [3.8, 4) is 5.69 Å². The number of hydrogen-bond acceptors (Lipinski definition) is 4. The molecular weight excluding hydrogens is 389 g/mol. The van der Waals surface area contributed by atoms with Crippen LogP contribution in [0, 0.1) is 5.82 Å². The van der Waals surface area contributed by atoms with E-state index in [-0.39, 0.29) is 5.82 Å². The Bertz CT molecular complexity index is 963. The Morgan fingerprint density at radius 1 is 0.903 bits per heavy atom. The first-order valence-electron chi connectivity index (χ1n) is 11.3. The number of piperidine rings is 1. The summed E-state index contributed by atoms with van der Waals surface area (Å²) in [5.74, 6) is -0.167. The van der Waals surface area contributed by atoms with E-state index in [1.807, 2.05) is 30.6 Å². The monoisotopic (exact) mass is 419 g/mol. The second-order valence-electron chi connectivity index (χ2n) is 8.61.